The van der Waals surface area contributed by atoms with Gasteiger partial charge in [-0.25, -0.2) is 9.97 Å². The van der Waals surface area contributed by atoms with Crippen molar-refractivity contribution in [3.63, 3.8) is 0 Å². The highest BCUT2D eigenvalue weighted by atomic mass is 79.9. The number of hydrogen-bond donors (Lipinski definition) is 0. The monoisotopic (exact) mass is 420 g/mol. The minimum Gasteiger partial charge on any atom is -0.244 e. The van der Waals surface area contributed by atoms with Crippen molar-refractivity contribution in [1.82, 2.24) is 9.97 Å². The average Bonchev–Trinajstić information content (AvgIpc) is 2.04. The van der Waals surface area contributed by atoms with Crippen LogP contribution < -0.4 is 0 Å². The molecule has 12 heavy (non-hydrogen) atoms. The molecular weight excluding hydrogens is 420 g/mol. The smallest absolute Gasteiger partial charge is 0.115 e. The van der Waals surface area contributed by atoms with Crippen LogP contribution in [-0.4, -0.2) is 9.97 Å². The van der Waals surface area contributed by atoms with Crippen molar-refractivity contribution >= 4 is 63.7 Å². The van der Waals surface area contributed by atoms with Crippen LogP contribution in [0.25, 0.3) is 0 Å². The molecule has 0 spiro atoms. The van der Waals surface area contributed by atoms with Gasteiger partial charge in [0, 0.05) is 11.8 Å². The molecule has 0 aliphatic rings. The Morgan fingerprint density at radius 2 is 1.75 bits per heavy atom. The van der Waals surface area contributed by atoms with E-state index < -0.39 is 0 Å². The normalized spacial score (nSPS) is 11.2. The topological polar surface area (TPSA) is 25.8 Å². The van der Waals surface area contributed by atoms with Crippen molar-refractivity contribution in [2.75, 3.05) is 0 Å². The molecule has 0 unspecified atom stereocenters. The van der Waals surface area contributed by atoms with Crippen LogP contribution in [0.15, 0.2) is 12.5 Å². The molecule has 0 aliphatic heterocycles. The minimum absolute atomic E-state index is 0.0561. The van der Waals surface area contributed by atoms with Crippen LogP contribution in [0.2, 0.25) is 0 Å². The van der Waals surface area contributed by atoms with Crippen molar-refractivity contribution in [3.05, 3.63) is 23.8 Å². The average molecular weight is 424 g/mol. The molecule has 0 aromatic carbocycles. The molecule has 0 aliphatic carbocycles. The van der Waals surface area contributed by atoms with E-state index in [0.717, 1.165) is 11.3 Å². The van der Waals surface area contributed by atoms with Crippen LogP contribution in [0.5, 0.6) is 0 Å². The SMILES string of the molecule is BrC(Br)c1cncnc1C(Br)Br. The van der Waals surface area contributed by atoms with Crippen LogP contribution >= 0.6 is 63.7 Å². The lowest BCUT2D eigenvalue weighted by atomic mass is 10.3. The van der Waals surface area contributed by atoms with E-state index in [1.54, 1.807) is 6.20 Å². The van der Waals surface area contributed by atoms with Gasteiger partial charge >= 0.3 is 0 Å². The Balaban J connectivity index is 3.09. The van der Waals surface area contributed by atoms with Crippen LogP contribution in [0.1, 0.15) is 18.7 Å². The fourth-order valence-corrected chi connectivity index (χ4v) is 2.17. The van der Waals surface area contributed by atoms with Crippen molar-refractivity contribution < 1.29 is 0 Å². The van der Waals surface area contributed by atoms with E-state index in [1.807, 2.05) is 0 Å². The van der Waals surface area contributed by atoms with Crippen molar-refractivity contribution in [2.45, 2.75) is 7.47 Å². The van der Waals surface area contributed by atoms with E-state index in [1.165, 1.54) is 6.33 Å². The molecule has 0 N–H and O–H groups in total. The summed E-state index contributed by atoms with van der Waals surface area (Å²) in [5, 5.41) is 0. The Kier molecular flexibility index (Phi) is 4.64. The Labute approximate surface area is 104 Å². The third kappa shape index (κ3) is 2.75. The van der Waals surface area contributed by atoms with Crippen molar-refractivity contribution in [1.29, 1.82) is 0 Å². The van der Waals surface area contributed by atoms with Crippen LogP contribution in [0.3, 0.4) is 0 Å². The quantitative estimate of drug-likeness (QED) is 0.671. The highest BCUT2D eigenvalue weighted by molar-refractivity contribution is 9.24. The predicted octanol–water partition coefficient (Wildman–Crippen LogP) is 4.05. The number of hydrogen-bond acceptors (Lipinski definition) is 2. The first kappa shape index (κ1) is 11.1. The fourth-order valence-electron chi connectivity index (χ4n) is 0.700. The second kappa shape index (κ2) is 5.02. The summed E-state index contributed by atoms with van der Waals surface area (Å²) in [6.07, 6.45) is 3.29. The van der Waals surface area contributed by atoms with Gasteiger partial charge in [0.1, 0.15) is 10.1 Å². The lowest BCUT2D eigenvalue weighted by Gasteiger charge is -2.08. The maximum Gasteiger partial charge on any atom is 0.115 e. The number of aromatic nitrogens is 2. The second-order valence-corrected chi connectivity index (χ2v) is 8.08. The van der Waals surface area contributed by atoms with Gasteiger partial charge in [-0.3, -0.25) is 0 Å². The van der Waals surface area contributed by atoms with Gasteiger partial charge in [-0.15, -0.1) is 0 Å². The summed E-state index contributed by atoms with van der Waals surface area (Å²) in [6, 6.07) is 0. The summed E-state index contributed by atoms with van der Waals surface area (Å²) in [5.41, 5.74) is 1.93. The molecule has 6 heteroatoms. The molecule has 2 nitrogen and oxygen atoms in total. The Morgan fingerprint density at radius 1 is 1.08 bits per heavy atom. The van der Waals surface area contributed by atoms with Crippen molar-refractivity contribution in [3.8, 4) is 0 Å². The molecule has 0 fully saturated rings. The molecule has 1 heterocycles. The number of rotatable bonds is 2. The zero-order valence-corrected chi connectivity index (χ0v) is 12.1. The number of nitrogens with zero attached hydrogens (tertiary/aromatic N) is 2. The number of alkyl halides is 4. The first-order chi connectivity index (χ1) is 5.63. The largest absolute Gasteiger partial charge is 0.244 e. The maximum absolute atomic E-state index is 4.13. The molecule has 0 radical (unpaired) electrons. The van der Waals surface area contributed by atoms with Gasteiger partial charge in [-0.1, -0.05) is 63.7 Å². The first-order valence-electron chi connectivity index (χ1n) is 2.99. The molecule has 1 aromatic heterocycles. The zero-order valence-electron chi connectivity index (χ0n) is 5.72. The lowest BCUT2D eigenvalue weighted by Crippen LogP contribution is -1.96. The molecule has 0 saturated heterocycles. The highest BCUT2D eigenvalue weighted by Gasteiger charge is 2.14. The highest BCUT2D eigenvalue weighted by Crippen LogP contribution is 2.37. The van der Waals surface area contributed by atoms with Gasteiger partial charge in [0.05, 0.1) is 9.43 Å². The molecular formula is C6H4Br4N2. The van der Waals surface area contributed by atoms with E-state index in [4.69, 9.17) is 0 Å². The predicted molar refractivity (Wildman–Crippen MR) is 63.2 cm³/mol. The van der Waals surface area contributed by atoms with E-state index in [0.29, 0.717) is 0 Å². The van der Waals surface area contributed by atoms with Crippen molar-refractivity contribution in [2.24, 2.45) is 0 Å². The van der Waals surface area contributed by atoms with E-state index in [2.05, 4.69) is 73.7 Å². The Morgan fingerprint density at radius 3 is 2.17 bits per heavy atom. The first-order valence-corrected chi connectivity index (χ1v) is 6.65. The van der Waals surface area contributed by atoms with E-state index in [9.17, 15) is 0 Å². The summed E-state index contributed by atoms with van der Waals surface area (Å²) in [4.78, 5) is 8.07. The Bertz CT molecular complexity index is 236. The molecule has 0 saturated carbocycles. The molecule has 0 bridgehead atoms. The summed E-state index contributed by atoms with van der Waals surface area (Å²) < 4.78 is 0.138. The van der Waals surface area contributed by atoms with Gasteiger partial charge < -0.3 is 0 Å². The third-order valence-electron chi connectivity index (χ3n) is 1.21. The molecule has 0 atom stereocenters. The van der Waals surface area contributed by atoms with Gasteiger partial charge in [0.25, 0.3) is 0 Å². The molecule has 66 valence electrons. The van der Waals surface area contributed by atoms with E-state index in [-0.39, 0.29) is 7.47 Å². The fraction of sp³-hybridized carbons (Fsp3) is 0.333. The molecule has 0 amide bonds. The van der Waals surface area contributed by atoms with Crippen LogP contribution in [0, 0.1) is 0 Å². The minimum atomic E-state index is 0.0561. The molecule has 1 rings (SSSR count). The van der Waals surface area contributed by atoms with Gasteiger partial charge in [0.15, 0.2) is 0 Å². The zero-order chi connectivity index (χ0) is 9.14. The summed E-state index contributed by atoms with van der Waals surface area (Å²) >= 11 is 13.6. The van der Waals surface area contributed by atoms with Gasteiger partial charge in [0.2, 0.25) is 0 Å². The van der Waals surface area contributed by atoms with Gasteiger partial charge in [-0.05, 0) is 0 Å². The Hall–Kier alpha value is 1.000. The maximum atomic E-state index is 4.13. The van der Waals surface area contributed by atoms with Crippen LogP contribution in [0.4, 0.5) is 0 Å². The summed E-state index contributed by atoms with van der Waals surface area (Å²) in [7, 11) is 0. The summed E-state index contributed by atoms with van der Waals surface area (Å²) in [6.45, 7) is 0. The second-order valence-electron chi connectivity index (χ2n) is 1.96. The van der Waals surface area contributed by atoms with E-state index >= 15 is 0 Å². The summed E-state index contributed by atoms with van der Waals surface area (Å²) in [5.74, 6) is 0. The van der Waals surface area contributed by atoms with Gasteiger partial charge in [-0.2, -0.15) is 0 Å². The standard InChI is InChI=1S/C6H4Br4N2/c7-5(8)3-1-11-2-12-4(3)6(9)10/h1-2,5-6H. The lowest BCUT2D eigenvalue weighted by molar-refractivity contribution is 1.04. The molecule has 1 aromatic rings. The number of halogens is 4. The van der Waals surface area contributed by atoms with Crippen LogP contribution in [-0.2, 0) is 0 Å². The third-order valence-corrected chi connectivity index (χ3v) is 3.07.